The normalized spacial score (nSPS) is 26.7. The van der Waals surface area contributed by atoms with E-state index in [0.717, 1.165) is 10.4 Å². The molecule has 2 aliphatic rings. The number of carbonyl (C=O) groups is 3. The average molecular weight is 362 g/mol. The van der Waals surface area contributed by atoms with Gasteiger partial charge in [-0.15, -0.1) is 11.3 Å². The van der Waals surface area contributed by atoms with Gasteiger partial charge in [-0.3, -0.25) is 4.79 Å². The number of ether oxygens (including phenoxy) is 1. The highest BCUT2D eigenvalue weighted by molar-refractivity contribution is 7.16. The topological polar surface area (TPSA) is 95.5 Å². The zero-order valence-corrected chi connectivity index (χ0v) is 15.1. The standard InChI is InChI=1S/C18H21NO5S/c1-4-11-8(2)25-16(14(11)18(23)24-3)19-15(20)12-9-5-6-10(7-9)13(12)17(21)22/h5-6,9-10,12-13H,4,7H2,1-3H3,(H,19,20)(H,21,22)/p-1/t9-,10-,12-,13+/m1/s1. The van der Waals surface area contributed by atoms with Crippen molar-refractivity contribution in [2.24, 2.45) is 23.7 Å². The summed E-state index contributed by atoms with van der Waals surface area (Å²) < 4.78 is 4.85. The Balaban J connectivity index is 1.90. The number of carbonyl (C=O) groups excluding carboxylic acids is 3. The first-order valence-corrected chi connectivity index (χ1v) is 9.11. The maximum atomic E-state index is 12.8. The molecular formula is C18H20NO5S-. The lowest BCUT2D eigenvalue weighted by Crippen LogP contribution is -2.42. The number of hydrogen-bond acceptors (Lipinski definition) is 6. The lowest BCUT2D eigenvalue weighted by atomic mass is 9.82. The molecule has 134 valence electrons. The second-order valence-electron chi connectivity index (χ2n) is 6.49. The quantitative estimate of drug-likeness (QED) is 0.633. The number of carboxylic acid groups (broad SMARTS) is 1. The largest absolute Gasteiger partial charge is 0.550 e. The summed E-state index contributed by atoms with van der Waals surface area (Å²) in [5.41, 5.74) is 1.21. The fraction of sp³-hybridized carbons (Fsp3) is 0.500. The SMILES string of the molecule is CCc1c(C)sc(NC(=O)[C@H]2[C@@H](C(=O)[O-])[C@@H]3C=C[C@@H]2C3)c1C(=O)OC. The molecule has 1 saturated carbocycles. The number of esters is 1. The van der Waals surface area contributed by atoms with Crippen LogP contribution in [0.2, 0.25) is 0 Å². The van der Waals surface area contributed by atoms with Gasteiger partial charge in [0.05, 0.1) is 18.6 Å². The van der Waals surface area contributed by atoms with Gasteiger partial charge in [-0.1, -0.05) is 19.1 Å². The van der Waals surface area contributed by atoms with Crippen molar-refractivity contribution in [1.29, 1.82) is 0 Å². The van der Waals surface area contributed by atoms with Crippen LogP contribution in [0, 0.1) is 30.6 Å². The van der Waals surface area contributed by atoms with Gasteiger partial charge in [0, 0.05) is 16.8 Å². The van der Waals surface area contributed by atoms with Crippen LogP contribution in [0.3, 0.4) is 0 Å². The molecule has 0 unspecified atom stereocenters. The number of rotatable bonds is 5. The summed E-state index contributed by atoms with van der Waals surface area (Å²) in [4.78, 5) is 37.4. The van der Waals surface area contributed by atoms with E-state index in [1.807, 2.05) is 26.0 Å². The molecule has 1 aromatic rings. The lowest BCUT2D eigenvalue weighted by molar-refractivity contribution is -0.313. The molecule has 0 radical (unpaired) electrons. The van der Waals surface area contributed by atoms with Crippen molar-refractivity contribution < 1.29 is 24.2 Å². The highest BCUT2D eigenvalue weighted by atomic mass is 32.1. The molecule has 6 nitrogen and oxygen atoms in total. The zero-order valence-electron chi connectivity index (χ0n) is 14.3. The minimum atomic E-state index is -1.19. The van der Waals surface area contributed by atoms with Crippen molar-refractivity contribution in [3.63, 3.8) is 0 Å². The van der Waals surface area contributed by atoms with E-state index < -0.39 is 23.8 Å². The Morgan fingerprint density at radius 3 is 2.48 bits per heavy atom. The second-order valence-corrected chi connectivity index (χ2v) is 7.72. The Morgan fingerprint density at radius 1 is 1.28 bits per heavy atom. The van der Waals surface area contributed by atoms with Crippen molar-refractivity contribution in [1.82, 2.24) is 0 Å². The molecule has 0 aliphatic heterocycles. The number of aliphatic carboxylic acids is 1. The molecule has 0 aromatic carbocycles. The van der Waals surface area contributed by atoms with Crippen molar-refractivity contribution >= 4 is 34.2 Å². The van der Waals surface area contributed by atoms with Crippen LogP contribution in [0.1, 0.15) is 34.1 Å². The minimum Gasteiger partial charge on any atom is -0.550 e. The van der Waals surface area contributed by atoms with Gasteiger partial charge in [0.1, 0.15) is 5.00 Å². The summed E-state index contributed by atoms with van der Waals surface area (Å²) in [6.45, 7) is 3.82. The predicted molar refractivity (Wildman–Crippen MR) is 91.1 cm³/mol. The van der Waals surface area contributed by atoms with Gasteiger partial charge in [0.2, 0.25) is 5.91 Å². The summed E-state index contributed by atoms with van der Waals surface area (Å²) >= 11 is 1.31. The van der Waals surface area contributed by atoms with Crippen LogP contribution in [-0.2, 0) is 20.7 Å². The summed E-state index contributed by atoms with van der Waals surface area (Å²) in [5.74, 6) is -3.80. The fourth-order valence-corrected chi connectivity index (χ4v) is 5.24. The van der Waals surface area contributed by atoms with E-state index in [4.69, 9.17) is 4.74 Å². The summed E-state index contributed by atoms with van der Waals surface area (Å²) in [7, 11) is 1.30. The molecule has 1 aromatic heterocycles. The van der Waals surface area contributed by atoms with Crippen LogP contribution in [0.15, 0.2) is 12.2 Å². The zero-order chi connectivity index (χ0) is 18.3. The van der Waals surface area contributed by atoms with Gasteiger partial charge in [-0.05, 0) is 37.2 Å². The van der Waals surface area contributed by atoms with Gasteiger partial charge in [-0.2, -0.15) is 0 Å². The number of fused-ring (bicyclic) bond motifs is 2. The molecule has 4 atom stereocenters. The molecular weight excluding hydrogens is 342 g/mol. The predicted octanol–water partition coefficient (Wildman–Crippen LogP) is 1.53. The third-order valence-electron chi connectivity index (χ3n) is 5.22. The Bertz CT molecular complexity index is 766. The highest BCUT2D eigenvalue weighted by Crippen LogP contribution is 2.48. The molecule has 25 heavy (non-hydrogen) atoms. The number of methoxy groups -OCH3 is 1. The Labute approximate surface area is 149 Å². The van der Waals surface area contributed by atoms with E-state index in [-0.39, 0.29) is 17.7 Å². The Kier molecular flexibility index (Phi) is 4.69. The Hall–Kier alpha value is -2.15. The molecule has 3 rings (SSSR count). The fourth-order valence-electron chi connectivity index (χ4n) is 4.11. The molecule has 0 spiro atoms. The van der Waals surface area contributed by atoms with E-state index in [9.17, 15) is 19.5 Å². The van der Waals surface area contributed by atoms with Crippen LogP contribution in [0.4, 0.5) is 5.00 Å². The number of aryl methyl sites for hydroxylation is 1. The number of nitrogens with one attached hydrogen (secondary N) is 1. The van der Waals surface area contributed by atoms with Crippen LogP contribution in [0.25, 0.3) is 0 Å². The minimum absolute atomic E-state index is 0.0961. The van der Waals surface area contributed by atoms with Crippen molar-refractivity contribution in [2.45, 2.75) is 26.7 Å². The van der Waals surface area contributed by atoms with E-state index in [1.54, 1.807) is 0 Å². The van der Waals surface area contributed by atoms with Gasteiger partial charge in [0.25, 0.3) is 0 Å². The maximum absolute atomic E-state index is 12.8. The first-order valence-electron chi connectivity index (χ1n) is 8.29. The first-order chi connectivity index (χ1) is 11.9. The van der Waals surface area contributed by atoms with Gasteiger partial charge in [0.15, 0.2) is 0 Å². The van der Waals surface area contributed by atoms with Gasteiger partial charge >= 0.3 is 5.97 Å². The number of hydrogen-bond donors (Lipinski definition) is 1. The lowest BCUT2D eigenvalue weighted by Gasteiger charge is -2.27. The van der Waals surface area contributed by atoms with E-state index in [1.165, 1.54) is 18.4 Å². The number of anilines is 1. The third kappa shape index (κ3) is 2.86. The molecule has 1 fully saturated rings. The highest BCUT2D eigenvalue weighted by Gasteiger charge is 2.49. The molecule has 7 heteroatoms. The van der Waals surface area contributed by atoms with Crippen LogP contribution < -0.4 is 10.4 Å². The number of allylic oxidation sites excluding steroid dienone is 2. The monoisotopic (exact) mass is 362 g/mol. The average Bonchev–Trinajstić information content (AvgIpc) is 3.26. The van der Waals surface area contributed by atoms with Crippen molar-refractivity contribution in [2.75, 3.05) is 12.4 Å². The van der Waals surface area contributed by atoms with Gasteiger partial charge in [-0.25, -0.2) is 4.79 Å². The number of carboxylic acids is 1. The summed E-state index contributed by atoms with van der Waals surface area (Å²) in [6.07, 6.45) is 5.07. The second kappa shape index (κ2) is 6.63. The van der Waals surface area contributed by atoms with Gasteiger partial charge < -0.3 is 20.0 Å². The van der Waals surface area contributed by atoms with Crippen LogP contribution >= 0.6 is 11.3 Å². The summed E-state index contributed by atoms with van der Waals surface area (Å²) in [5, 5.41) is 14.7. The van der Waals surface area contributed by atoms with E-state index in [2.05, 4.69) is 5.32 Å². The number of amides is 1. The van der Waals surface area contributed by atoms with Crippen molar-refractivity contribution in [3.05, 3.63) is 28.2 Å². The molecule has 0 saturated heterocycles. The van der Waals surface area contributed by atoms with E-state index >= 15 is 0 Å². The summed E-state index contributed by atoms with van der Waals surface area (Å²) in [6, 6.07) is 0. The van der Waals surface area contributed by atoms with Crippen LogP contribution in [-0.4, -0.2) is 25.0 Å². The maximum Gasteiger partial charge on any atom is 0.341 e. The smallest absolute Gasteiger partial charge is 0.341 e. The van der Waals surface area contributed by atoms with Crippen LogP contribution in [0.5, 0.6) is 0 Å². The molecule has 1 amide bonds. The molecule has 2 bridgehead atoms. The molecule has 1 N–H and O–H groups in total. The Morgan fingerprint density at radius 2 is 1.92 bits per heavy atom. The van der Waals surface area contributed by atoms with Crippen molar-refractivity contribution in [3.8, 4) is 0 Å². The molecule has 2 aliphatic carbocycles. The first kappa shape index (κ1) is 17.7. The molecule has 1 heterocycles. The van der Waals surface area contributed by atoms with E-state index in [0.29, 0.717) is 23.4 Å². The number of thiophene rings is 1. The third-order valence-corrected chi connectivity index (χ3v) is 6.29.